The third-order valence-corrected chi connectivity index (χ3v) is 4.18. The molecule has 1 heterocycles. The zero-order chi connectivity index (χ0) is 13.8. The van der Waals surface area contributed by atoms with Crippen LogP contribution in [0.15, 0.2) is 30.3 Å². The highest BCUT2D eigenvalue weighted by molar-refractivity contribution is 5.46. The number of benzene rings is 1. The summed E-state index contributed by atoms with van der Waals surface area (Å²) in [5.74, 6) is 0. The third kappa shape index (κ3) is 3.95. The van der Waals surface area contributed by atoms with Crippen LogP contribution in [-0.4, -0.2) is 61.4 Å². The highest BCUT2D eigenvalue weighted by atomic mass is 16.3. The highest BCUT2D eigenvalue weighted by Crippen LogP contribution is 2.18. The fourth-order valence-electron chi connectivity index (χ4n) is 2.78. The van der Waals surface area contributed by atoms with Crippen molar-refractivity contribution >= 4 is 5.69 Å². The molecular weight excluding hydrogens is 250 g/mol. The Morgan fingerprint density at radius 3 is 2.45 bits per heavy atom. The maximum atomic E-state index is 10.0. The van der Waals surface area contributed by atoms with Crippen molar-refractivity contribution in [3.63, 3.8) is 0 Å². The number of aliphatic hydroxyl groups is 1. The Kier molecular flexibility index (Phi) is 4.55. The smallest absolute Gasteiger partial charge is 0.0791 e. The Bertz CT molecular complexity index is 399. The van der Waals surface area contributed by atoms with Crippen molar-refractivity contribution in [2.45, 2.75) is 25.0 Å². The summed E-state index contributed by atoms with van der Waals surface area (Å²) >= 11 is 0. The molecule has 2 N–H and O–H groups in total. The van der Waals surface area contributed by atoms with E-state index in [2.05, 4.69) is 45.4 Å². The van der Waals surface area contributed by atoms with Crippen LogP contribution in [0, 0.1) is 0 Å². The molecule has 110 valence electrons. The van der Waals surface area contributed by atoms with Crippen molar-refractivity contribution in [2.75, 3.05) is 44.2 Å². The van der Waals surface area contributed by atoms with Gasteiger partial charge < -0.3 is 15.3 Å². The summed E-state index contributed by atoms with van der Waals surface area (Å²) in [4.78, 5) is 4.80. The number of anilines is 1. The Hall–Kier alpha value is -1.10. The molecule has 1 atom stereocenters. The molecule has 0 aromatic heterocycles. The molecule has 0 bridgehead atoms. The van der Waals surface area contributed by atoms with Gasteiger partial charge in [-0.3, -0.25) is 4.90 Å². The molecule has 1 saturated heterocycles. The molecule has 3 rings (SSSR count). The fraction of sp³-hybridized carbons (Fsp3) is 0.625. The molecule has 1 aromatic rings. The summed E-state index contributed by atoms with van der Waals surface area (Å²) in [7, 11) is 0. The average Bonchev–Trinajstić information content (AvgIpc) is 3.31. The van der Waals surface area contributed by atoms with E-state index in [0.717, 1.165) is 39.3 Å². The predicted molar refractivity (Wildman–Crippen MR) is 82.1 cm³/mol. The van der Waals surface area contributed by atoms with Gasteiger partial charge in [-0.1, -0.05) is 18.2 Å². The third-order valence-electron chi connectivity index (χ3n) is 4.18. The van der Waals surface area contributed by atoms with Gasteiger partial charge in [-0.15, -0.1) is 0 Å². The number of nitrogens with one attached hydrogen (secondary N) is 1. The van der Waals surface area contributed by atoms with Crippen LogP contribution >= 0.6 is 0 Å². The van der Waals surface area contributed by atoms with Crippen molar-refractivity contribution in [1.82, 2.24) is 10.2 Å². The molecule has 1 aliphatic carbocycles. The summed E-state index contributed by atoms with van der Waals surface area (Å²) in [5, 5.41) is 13.4. The number of rotatable bonds is 6. The summed E-state index contributed by atoms with van der Waals surface area (Å²) in [5.41, 5.74) is 1.31. The summed E-state index contributed by atoms with van der Waals surface area (Å²) < 4.78 is 0. The molecule has 2 fully saturated rings. The molecular formula is C16H25N3O. The molecule has 2 aliphatic rings. The number of nitrogens with zero attached hydrogens (tertiary/aromatic N) is 2. The van der Waals surface area contributed by atoms with Crippen LogP contribution < -0.4 is 10.2 Å². The molecule has 1 unspecified atom stereocenters. The number of para-hydroxylation sites is 1. The Morgan fingerprint density at radius 2 is 1.80 bits per heavy atom. The normalized spacial score (nSPS) is 21.9. The van der Waals surface area contributed by atoms with Crippen molar-refractivity contribution in [3.8, 4) is 0 Å². The second-order valence-corrected chi connectivity index (χ2v) is 5.96. The van der Waals surface area contributed by atoms with Gasteiger partial charge >= 0.3 is 0 Å². The number of hydrogen-bond donors (Lipinski definition) is 2. The number of aliphatic hydroxyl groups excluding tert-OH is 1. The van der Waals surface area contributed by atoms with Gasteiger partial charge in [0.1, 0.15) is 0 Å². The zero-order valence-corrected chi connectivity index (χ0v) is 12.0. The Balaban J connectivity index is 1.39. The van der Waals surface area contributed by atoms with Gasteiger partial charge in [0.25, 0.3) is 0 Å². The minimum absolute atomic E-state index is 0.237. The lowest BCUT2D eigenvalue weighted by molar-refractivity contribution is 0.107. The lowest BCUT2D eigenvalue weighted by atomic mass is 10.2. The van der Waals surface area contributed by atoms with E-state index >= 15 is 0 Å². The van der Waals surface area contributed by atoms with E-state index in [1.165, 1.54) is 18.5 Å². The molecule has 4 nitrogen and oxygen atoms in total. The average molecular weight is 275 g/mol. The minimum Gasteiger partial charge on any atom is -0.390 e. The molecule has 20 heavy (non-hydrogen) atoms. The van der Waals surface area contributed by atoms with Crippen LogP contribution in [0.25, 0.3) is 0 Å². The molecule has 0 spiro atoms. The molecule has 0 radical (unpaired) electrons. The second kappa shape index (κ2) is 6.57. The van der Waals surface area contributed by atoms with Gasteiger partial charge in [-0.05, 0) is 25.0 Å². The topological polar surface area (TPSA) is 38.7 Å². The molecule has 1 aromatic carbocycles. The summed E-state index contributed by atoms with van der Waals surface area (Å²) in [6.07, 6.45) is 2.32. The maximum Gasteiger partial charge on any atom is 0.0791 e. The lowest BCUT2D eigenvalue weighted by Gasteiger charge is -2.37. The number of piperazine rings is 1. The Labute approximate surface area is 121 Å². The van der Waals surface area contributed by atoms with Crippen molar-refractivity contribution in [1.29, 1.82) is 0 Å². The number of hydrogen-bond acceptors (Lipinski definition) is 4. The standard InChI is InChI=1S/C16H25N3O/c20-16(12-17-14-6-7-14)13-18-8-10-19(11-9-18)15-4-2-1-3-5-15/h1-5,14,16-17,20H,6-13H2. The quantitative estimate of drug-likeness (QED) is 0.810. The number of β-amino-alcohol motifs (C(OH)–C–C–N with tert-alkyl or cyclic N) is 1. The first-order valence-corrected chi connectivity index (χ1v) is 7.75. The van der Waals surface area contributed by atoms with Gasteiger partial charge in [0.2, 0.25) is 0 Å². The van der Waals surface area contributed by atoms with Crippen LogP contribution in [0.5, 0.6) is 0 Å². The van der Waals surface area contributed by atoms with Crippen LogP contribution in [0.3, 0.4) is 0 Å². The van der Waals surface area contributed by atoms with E-state index in [1.807, 2.05) is 0 Å². The predicted octanol–water partition coefficient (Wildman–Crippen LogP) is 0.921. The van der Waals surface area contributed by atoms with Crippen molar-refractivity contribution < 1.29 is 5.11 Å². The van der Waals surface area contributed by atoms with E-state index in [9.17, 15) is 5.11 Å². The van der Waals surface area contributed by atoms with E-state index in [0.29, 0.717) is 6.04 Å². The molecule has 4 heteroatoms. The van der Waals surface area contributed by atoms with E-state index in [-0.39, 0.29) is 6.10 Å². The van der Waals surface area contributed by atoms with Crippen LogP contribution in [0.2, 0.25) is 0 Å². The summed E-state index contributed by atoms with van der Waals surface area (Å²) in [6, 6.07) is 11.3. The maximum absolute atomic E-state index is 10.0. The lowest BCUT2D eigenvalue weighted by Crippen LogP contribution is -2.49. The first-order valence-electron chi connectivity index (χ1n) is 7.75. The minimum atomic E-state index is -0.237. The zero-order valence-electron chi connectivity index (χ0n) is 12.0. The van der Waals surface area contributed by atoms with Gasteiger partial charge in [-0.25, -0.2) is 0 Å². The first kappa shape index (κ1) is 13.9. The van der Waals surface area contributed by atoms with Crippen LogP contribution in [0.4, 0.5) is 5.69 Å². The van der Waals surface area contributed by atoms with Crippen molar-refractivity contribution in [2.24, 2.45) is 0 Å². The largest absolute Gasteiger partial charge is 0.390 e. The van der Waals surface area contributed by atoms with E-state index in [4.69, 9.17) is 0 Å². The molecule has 1 aliphatic heterocycles. The fourth-order valence-corrected chi connectivity index (χ4v) is 2.78. The van der Waals surface area contributed by atoms with E-state index in [1.54, 1.807) is 0 Å². The van der Waals surface area contributed by atoms with Crippen molar-refractivity contribution in [3.05, 3.63) is 30.3 Å². The van der Waals surface area contributed by atoms with Gasteiger partial charge in [0.05, 0.1) is 6.10 Å². The molecule has 0 amide bonds. The van der Waals surface area contributed by atoms with Crippen LogP contribution in [-0.2, 0) is 0 Å². The first-order chi connectivity index (χ1) is 9.81. The van der Waals surface area contributed by atoms with Gasteiger partial charge in [0, 0.05) is 51.0 Å². The monoisotopic (exact) mass is 275 g/mol. The van der Waals surface area contributed by atoms with Gasteiger partial charge in [-0.2, -0.15) is 0 Å². The SMILES string of the molecule is OC(CNC1CC1)CN1CCN(c2ccccc2)CC1. The van der Waals surface area contributed by atoms with Crippen LogP contribution in [0.1, 0.15) is 12.8 Å². The Morgan fingerprint density at radius 1 is 1.10 bits per heavy atom. The highest BCUT2D eigenvalue weighted by Gasteiger charge is 2.23. The summed E-state index contributed by atoms with van der Waals surface area (Å²) in [6.45, 7) is 5.70. The molecule has 1 saturated carbocycles. The van der Waals surface area contributed by atoms with Gasteiger partial charge in [0.15, 0.2) is 0 Å². The van der Waals surface area contributed by atoms with E-state index < -0.39 is 0 Å². The second-order valence-electron chi connectivity index (χ2n) is 5.96.